The number of nitrogens with one attached hydrogen (secondary N) is 1. The van der Waals surface area contributed by atoms with E-state index in [4.69, 9.17) is 14.2 Å². The van der Waals surface area contributed by atoms with Gasteiger partial charge >= 0.3 is 0 Å². The largest absolute Gasteiger partial charge is 0.497 e. The van der Waals surface area contributed by atoms with Crippen LogP contribution in [0.15, 0.2) is 42.5 Å². The van der Waals surface area contributed by atoms with Crippen LogP contribution in [0.1, 0.15) is 19.8 Å². The van der Waals surface area contributed by atoms with Gasteiger partial charge in [-0.1, -0.05) is 11.3 Å². The van der Waals surface area contributed by atoms with Gasteiger partial charge in [-0.3, -0.25) is 4.79 Å². The van der Waals surface area contributed by atoms with E-state index >= 15 is 0 Å². The van der Waals surface area contributed by atoms with E-state index in [0.717, 1.165) is 27.5 Å². The number of thiazole rings is 1. The zero-order valence-electron chi connectivity index (χ0n) is 15.4. The highest BCUT2D eigenvalue weighted by atomic mass is 32.1. The third-order valence-electron chi connectivity index (χ3n) is 3.79. The SMILES string of the molecule is CCOc1ccc2nc(NC(=O)CCCOc3ccc(OC)cc3)sc2c1. The van der Waals surface area contributed by atoms with Crippen LogP contribution in [0.5, 0.6) is 17.2 Å². The highest BCUT2D eigenvalue weighted by Gasteiger charge is 2.09. The van der Waals surface area contributed by atoms with Crippen molar-refractivity contribution in [1.82, 2.24) is 4.98 Å². The molecule has 6 nitrogen and oxygen atoms in total. The molecule has 7 heteroatoms. The van der Waals surface area contributed by atoms with Crippen molar-refractivity contribution in [1.29, 1.82) is 0 Å². The maximum Gasteiger partial charge on any atom is 0.226 e. The van der Waals surface area contributed by atoms with Gasteiger partial charge in [0.1, 0.15) is 17.2 Å². The van der Waals surface area contributed by atoms with Crippen LogP contribution in [0.2, 0.25) is 0 Å². The lowest BCUT2D eigenvalue weighted by Crippen LogP contribution is -2.12. The quantitative estimate of drug-likeness (QED) is 0.548. The van der Waals surface area contributed by atoms with Crippen molar-refractivity contribution in [3.63, 3.8) is 0 Å². The zero-order valence-corrected chi connectivity index (χ0v) is 16.2. The number of ether oxygens (including phenoxy) is 3. The van der Waals surface area contributed by atoms with Gasteiger partial charge in [0.05, 0.1) is 30.5 Å². The van der Waals surface area contributed by atoms with Crippen molar-refractivity contribution < 1.29 is 19.0 Å². The second-order valence-electron chi connectivity index (χ2n) is 5.76. The van der Waals surface area contributed by atoms with Crippen LogP contribution in [0.4, 0.5) is 5.13 Å². The fraction of sp³-hybridized carbons (Fsp3) is 0.300. The first-order valence-corrected chi connectivity index (χ1v) is 9.59. The molecule has 0 saturated carbocycles. The molecule has 0 unspecified atom stereocenters. The van der Waals surface area contributed by atoms with E-state index in [0.29, 0.717) is 31.2 Å². The third-order valence-corrected chi connectivity index (χ3v) is 4.73. The molecule has 0 fully saturated rings. The Morgan fingerprint density at radius 1 is 1.07 bits per heavy atom. The molecule has 0 saturated heterocycles. The minimum absolute atomic E-state index is 0.0718. The van der Waals surface area contributed by atoms with E-state index in [9.17, 15) is 4.79 Å². The van der Waals surface area contributed by atoms with E-state index < -0.39 is 0 Å². The predicted octanol–water partition coefficient (Wildman–Crippen LogP) is 4.50. The number of hydrogen-bond donors (Lipinski definition) is 1. The summed E-state index contributed by atoms with van der Waals surface area (Å²) < 4.78 is 17.2. The predicted molar refractivity (Wildman–Crippen MR) is 107 cm³/mol. The summed E-state index contributed by atoms with van der Waals surface area (Å²) in [7, 11) is 1.62. The maximum absolute atomic E-state index is 12.1. The number of anilines is 1. The van der Waals surface area contributed by atoms with Gasteiger partial charge in [0.2, 0.25) is 5.91 Å². The first-order valence-electron chi connectivity index (χ1n) is 8.78. The number of nitrogens with zero attached hydrogens (tertiary/aromatic N) is 1. The molecule has 0 bridgehead atoms. The molecule has 0 aliphatic carbocycles. The Kier molecular flexibility index (Phi) is 6.49. The van der Waals surface area contributed by atoms with Crippen molar-refractivity contribution in [2.45, 2.75) is 19.8 Å². The molecule has 1 heterocycles. The number of fused-ring (bicyclic) bond motifs is 1. The molecule has 1 amide bonds. The zero-order chi connectivity index (χ0) is 19.1. The van der Waals surface area contributed by atoms with Crippen molar-refractivity contribution in [3.8, 4) is 17.2 Å². The summed E-state index contributed by atoms with van der Waals surface area (Å²) in [6.45, 7) is 3.03. The van der Waals surface area contributed by atoms with Crippen molar-refractivity contribution in [2.24, 2.45) is 0 Å². The summed E-state index contributed by atoms with van der Waals surface area (Å²) in [5, 5.41) is 3.45. The van der Waals surface area contributed by atoms with Gasteiger partial charge in [-0.05, 0) is 55.8 Å². The molecule has 3 aromatic rings. The molecular weight excluding hydrogens is 364 g/mol. The number of benzene rings is 2. The van der Waals surface area contributed by atoms with Crippen LogP contribution >= 0.6 is 11.3 Å². The second-order valence-corrected chi connectivity index (χ2v) is 6.79. The van der Waals surface area contributed by atoms with E-state index in [-0.39, 0.29) is 5.91 Å². The first kappa shape index (κ1) is 19.0. The molecule has 0 spiro atoms. The van der Waals surface area contributed by atoms with Crippen LogP contribution in [-0.2, 0) is 4.79 Å². The molecule has 0 aliphatic heterocycles. The van der Waals surface area contributed by atoms with Crippen LogP contribution in [0.25, 0.3) is 10.2 Å². The Hall–Kier alpha value is -2.80. The number of rotatable bonds is 9. The summed E-state index contributed by atoms with van der Waals surface area (Å²) >= 11 is 1.44. The Morgan fingerprint density at radius 2 is 1.81 bits per heavy atom. The maximum atomic E-state index is 12.1. The van der Waals surface area contributed by atoms with Gasteiger partial charge in [-0.25, -0.2) is 4.98 Å². The van der Waals surface area contributed by atoms with Gasteiger partial charge in [-0.15, -0.1) is 0 Å². The summed E-state index contributed by atoms with van der Waals surface area (Å²) in [6.07, 6.45) is 0.994. The van der Waals surface area contributed by atoms with Gasteiger partial charge in [0.25, 0.3) is 0 Å². The van der Waals surface area contributed by atoms with E-state index in [1.165, 1.54) is 11.3 Å². The van der Waals surface area contributed by atoms with Crippen LogP contribution < -0.4 is 19.5 Å². The van der Waals surface area contributed by atoms with E-state index in [2.05, 4.69) is 10.3 Å². The molecule has 0 radical (unpaired) electrons. The second kappa shape index (κ2) is 9.23. The topological polar surface area (TPSA) is 69.7 Å². The summed E-state index contributed by atoms with van der Waals surface area (Å²) in [6, 6.07) is 13.1. The highest BCUT2D eigenvalue weighted by Crippen LogP contribution is 2.29. The van der Waals surface area contributed by atoms with Crippen LogP contribution in [0.3, 0.4) is 0 Å². The molecule has 1 N–H and O–H groups in total. The lowest BCUT2D eigenvalue weighted by molar-refractivity contribution is -0.116. The van der Waals surface area contributed by atoms with Gasteiger partial charge in [0.15, 0.2) is 5.13 Å². The molecule has 0 aliphatic rings. The summed E-state index contributed by atoms with van der Waals surface area (Å²) in [5.41, 5.74) is 0.849. The average Bonchev–Trinajstić information content (AvgIpc) is 3.07. The van der Waals surface area contributed by atoms with Gasteiger partial charge in [0, 0.05) is 6.42 Å². The standard InChI is InChI=1S/C20H22N2O4S/c1-3-25-16-10-11-17-18(13-16)27-20(21-17)22-19(23)5-4-12-26-15-8-6-14(24-2)7-9-15/h6-11,13H,3-5,12H2,1-2H3,(H,21,22,23). The number of amides is 1. The highest BCUT2D eigenvalue weighted by molar-refractivity contribution is 7.22. The number of carbonyl (C=O) groups is 1. The normalized spacial score (nSPS) is 10.6. The molecular formula is C20H22N2O4S. The summed E-state index contributed by atoms with van der Waals surface area (Å²) in [4.78, 5) is 16.5. The van der Waals surface area contributed by atoms with Gasteiger partial charge in [-0.2, -0.15) is 0 Å². The first-order chi connectivity index (χ1) is 13.2. The summed E-state index contributed by atoms with van der Waals surface area (Å²) in [5.74, 6) is 2.28. The van der Waals surface area contributed by atoms with Crippen molar-refractivity contribution in [3.05, 3.63) is 42.5 Å². The fourth-order valence-corrected chi connectivity index (χ4v) is 3.40. The number of hydrogen-bond acceptors (Lipinski definition) is 6. The minimum Gasteiger partial charge on any atom is -0.497 e. The molecule has 0 atom stereocenters. The lowest BCUT2D eigenvalue weighted by Gasteiger charge is -2.07. The molecule has 2 aromatic carbocycles. The Bertz CT molecular complexity index is 893. The molecule has 1 aromatic heterocycles. The smallest absolute Gasteiger partial charge is 0.226 e. The Labute approximate surface area is 162 Å². The Morgan fingerprint density at radius 3 is 2.56 bits per heavy atom. The average molecular weight is 386 g/mol. The van der Waals surface area contributed by atoms with Crippen LogP contribution in [0, 0.1) is 0 Å². The molecule has 27 heavy (non-hydrogen) atoms. The minimum atomic E-state index is -0.0718. The lowest BCUT2D eigenvalue weighted by atomic mass is 10.3. The third kappa shape index (κ3) is 5.34. The Balaban J connectivity index is 1.45. The van der Waals surface area contributed by atoms with Crippen molar-refractivity contribution in [2.75, 3.05) is 25.6 Å². The number of methoxy groups -OCH3 is 1. The number of aromatic nitrogens is 1. The number of carbonyl (C=O) groups excluding carboxylic acids is 1. The van der Waals surface area contributed by atoms with Crippen molar-refractivity contribution >= 4 is 32.6 Å². The fourth-order valence-electron chi connectivity index (χ4n) is 2.49. The monoisotopic (exact) mass is 386 g/mol. The van der Waals surface area contributed by atoms with E-state index in [1.54, 1.807) is 7.11 Å². The molecule has 3 rings (SSSR count). The van der Waals surface area contributed by atoms with E-state index in [1.807, 2.05) is 49.4 Å². The van der Waals surface area contributed by atoms with Gasteiger partial charge < -0.3 is 19.5 Å². The molecule has 142 valence electrons. The van der Waals surface area contributed by atoms with Crippen LogP contribution in [-0.4, -0.2) is 31.2 Å².